The minimum absolute atomic E-state index is 0.216. The Morgan fingerprint density at radius 3 is 2.47 bits per heavy atom. The number of nitrogens with one attached hydrogen (secondary N) is 2. The zero-order valence-electron chi connectivity index (χ0n) is 22.2. The van der Waals surface area contributed by atoms with Crippen molar-refractivity contribution in [2.45, 2.75) is 40.3 Å². The van der Waals surface area contributed by atoms with Crippen LogP contribution in [0.15, 0.2) is 78.3 Å². The largest absolute Gasteiger partial charge is 0.493 e. The number of amides is 1. The number of aromatic nitrogens is 3. The first-order chi connectivity index (χ1) is 18.3. The number of methoxy groups -OCH3 is 1. The number of hydrogen-bond donors (Lipinski definition) is 2. The summed E-state index contributed by atoms with van der Waals surface area (Å²) in [5.41, 5.74) is 7.23. The third-order valence-corrected chi connectivity index (χ3v) is 6.69. The lowest BCUT2D eigenvalue weighted by molar-refractivity contribution is -0.113. The number of carbonyl (C=O) groups excluding carboxylic acids is 1. The van der Waals surface area contributed by atoms with E-state index in [0.717, 1.165) is 27.9 Å². The van der Waals surface area contributed by atoms with Crippen LogP contribution in [0.25, 0.3) is 0 Å². The molecule has 1 atom stereocenters. The number of aryl methyl sites for hydroxylation is 3. The average Bonchev–Trinajstić information content (AvgIpc) is 3.37. The van der Waals surface area contributed by atoms with Crippen LogP contribution in [-0.2, 0) is 11.4 Å². The molecule has 2 N–H and O–H groups in total. The Morgan fingerprint density at radius 1 is 0.974 bits per heavy atom. The monoisotopic (exact) mass is 509 g/mol. The first-order valence-corrected chi connectivity index (χ1v) is 12.5. The van der Waals surface area contributed by atoms with Gasteiger partial charge in [0.25, 0.3) is 5.91 Å². The molecule has 1 amide bonds. The van der Waals surface area contributed by atoms with Crippen LogP contribution in [0.1, 0.15) is 40.8 Å². The van der Waals surface area contributed by atoms with Crippen molar-refractivity contribution in [3.8, 4) is 11.5 Å². The van der Waals surface area contributed by atoms with E-state index in [2.05, 4.69) is 39.8 Å². The van der Waals surface area contributed by atoms with E-state index in [-0.39, 0.29) is 5.91 Å². The van der Waals surface area contributed by atoms with E-state index >= 15 is 0 Å². The molecule has 194 valence electrons. The number of benzene rings is 3. The molecule has 4 aromatic rings. The number of allylic oxidation sites excluding steroid dienone is 1. The summed E-state index contributed by atoms with van der Waals surface area (Å²) in [6.07, 6.45) is 1.48. The van der Waals surface area contributed by atoms with E-state index < -0.39 is 6.04 Å². The Hall–Kier alpha value is -4.59. The van der Waals surface area contributed by atoms with Crippen LogP contribution in [-0.4, -0.2) is 27.8 Å². The normalized spacial score (nSPS) is 14.5. The molecule has 1 aliphatic rings. The highest BCUT2D eigenvalue weighted by Gasteiger charge is 2.34. The van der Waals surface area contributed by atoms with Crippen molar-refractivity contribution in [1.82, 2.24) is 14.8 Å². The van der Waals surface area contributed by atoms with E-state index in [9.17, 15) is 4.79 Å². The van der Waals surface area contributed by atoms with Gasteiger partial charge in [-0.1, -0.05) is 53.6 Å². The molecule has 0 spiro atoms. The number of fused-ring (bicyclic) bond motifs is 1. The summed E-state index contributed by atoms with van der Waals surface area (Å²) in [4.78, 5) is 18.0. The number of hydrogen-bond acceptors (Lipinski definition) is 6. The molecule has 5 rings (SSSR count). The Kier molecular flexibility index (Phi) is 6.87. The maximum atomic E-state index is 13.7. The van der Waals surface area contributed by atoms with Crippen molar-refractivity contribution in [1.29, 1.82) is 0 Å². The van der Waals surface area contributed by atoms with Gasteiger partial charge in [0.1, 0.15) is 19.0 Å². The summed E-state index contributed by atoms with van der Waals surface area (Å²) < 4.78 is 13.5. The van der Waals surface area contributed by atoms with Gasteiger partial charge in [0.2, 0.25) is 5.95 Å². The molecule has 1 aromatic heterocycles. The van der Waals surface area contributed by atoms with Crippen molar-refractivity contribution in [3.05, 3.63) is 106 Å². The van der Waals surface area contributed by atoms with Crippen molar-refractivity contribution >= 4 is 17.5 Å². The Morgan fingerprint density at radius 2 is 1.74 bits per heavy atom. The molecule has 8 nitrogen and oxygen atoms in total. The van der Waals surface area contributed by atoms with Gasteiger partial charge in [0.05, 0.1) is 12.7 Å². The highest BCUT2D eigenvalue weighted by Crippen LogP contribution is 2.39. The standard InChI is InChI=1S/C30H31N5O3/c1-18-6-9-22(10-7-18)16-38-25-13-11-23(15-26(25)37-5)28-27(21(4)33-30-31-17-32-35(28)30)29(36)34-24-12-8-19(2)14-20(24)3/h6-15,17,28H,16H2,1-5H3,(H,34,36)(H,31,32,33)/t28-/m1/s1. The van der Waals surface area contributed by atoms with E-state index in [1.54, 1.807) is 11.8 Å². The van der Waals surface area contributed by atoms with Crippen molar-refractivity contribution in [2.24, 2.45) is 0 Å². The topological polar surface area (TPSA) is 90.3 Å². The van der Waals surface area contributed by atoms with Crippen LogP contribution >= 0.6 is 0 Å². The number of carbonyl (C=O) groups is 1. The molecular weight excluding hydrogens is 478 g/mol. The Labute approximate surface area is 222 Å². The second kappa shape index (κ2) is 10.4. The van der Waals surface area contributed by atoms with Crippen LogP contribution < -0.4 is 20.1 Å². The van der Waals surface area contributed by atoms with Gasteiger partial charge in [-0.05, 0) is 62.6 Å². The zero-order chi connectivity index (χ0) is 26.8. The SMILES string of the molecule is COc1cc([C@@H]2C(C(=O)Nc3ccc(C)cc3C)=C(C)Nc3ncnn32)ccc1OCc1ccc(C)cc1. The minimum atomic E-state index is -0.514. The molecule has 0 saturated heterocycles. The van der Waals surface area contributed by atoms with E-state index in [1.165, 1.54) is 11.9 Å². The molecule has 1 aliphatic heterocycles. The molecule has 38 heavy (non-hydrogen) atoms. The molecule has 0 saturated carbocycles. The lowest BCUT2D eigenvalue weighted by atomic mass is 9.94. The van der Waals surface area contributed by atoms with Gasteiger partial charge in [-0.2, -0.15) is 10.1 Å². The molecule has 0 bridgehead atoms. The van der Waals surface area contributed by atoms with Gasteiger partial charge in [0, 0.05) is 11.4 Å². The molecular formula is C30H31N5O3. The predicted octanol–water partition coefficient (Wildman–Crippen LogP) is 5.72. The Balaban J connectivity index is 1.47. The Bertz CT molecular complexity index is 1520. The summed E-state index contributed by atoms with van der Waals surface area (Å²) in [6, 6.07) is 19.4. The summed E-state index contributed by atoms with van der Waals surface area (Å²) in [6.45, 7) is 8.36. The van der Waals surface area contributed by atoms with Gasteiger partial charge >= 0.3 is 0 Å². The van der Waals surface area contributed by atoms with E-state index in [0.29, 0.717) is 35.3 Å². The number of anilines is 2. The predicted molar refractivity (Wildman–Crippen MR) is 148 cm³/mol. The second-order valence-corrected chi connectivity index (χ2v) is 9.55. The van der Waals surface area contributed by atoms with Crippen molar-refractivity contribution in [3.63, 3.8) is 0 Å². The maximum Gasteiger partial charge on any atom is 0.255 e. The number of nitrogens with zero attached hydrogens (tertiary/aromatic N) is 3. The quantitative estimate of drug-likeness (QED) is 0.331. The van der Waals surface area contributed by atoms with Gasteiger partial charge in [-0.25, -0.2) is 4.68 Å². The first kappa shape index (κ1) is 25.1. The van der Waals surface area contributed by atoms with Crippen LogP contribution in [0.5, 0.6) is 11.5 Å². The molecule has 2 heterocycles. The summed E-state index contributed by atoms with van der Waals surface area (Å²) in [5.74, 6) is 1.54. The van der Waals surface area contributed by atoms with Crippen LogP contribution in [0.2, 0.25) is 0 Å². The third kappa shape index (κ3) is 4.98. The molecule has 3 aromatic carbocycles. The molecule has 0 radical (unpaired) electrons. The fourth-order valence-electron chi connectivity index (χ4n) is 4.66. The molecule has 0 aliphatic carbocycles. The smallest absolute Gasteiger partial charge is 0.255 e. The second-order valence-electron chi connectivity index (χ2n) is 9.55. The highest BCUT2D eigenvalue weighted by atomic mass is 16.5. The fourth-order valence-corrected chi connectivity index (χ4v) is 4.66. The van der Waals surface area contributed by atoms with Gasteiger partial charge < -0.3 is 20.1 Å². The summed E-state index contributed by atoms with van der Waals surface area (Å²) in [7, 11) is 1.61. The third-order valence-electron chi connectivity index (χ3n) is 6.69. The highest BCUT2D eigenvalue weighted by molar-refractivity contribution is 6.06. The lowest BCUT2D eigenvalue weighted by Gasteiger charge is -2.29. The number of ether oxygens (including phenoxy) is 2. The van der Waals surface area contributed by atoms with Crippen molar-refractivity contribution < 1.29 is 14.3 Å². The molecule has 0 fully saturated rings. The van der Waals surface area contributed by atoms with Gasteiger partial charge in [0.15, 0.2) is 11.5 Å². The first-order valence-electron chi connectivity index (χ1n) is 12.5. The lowest BCUT2D eigenvalue weighted by Crippen LogP contribution is -2.31. The number of rotatable bonds is 7. The fraction of sp³-hybridized carbons (Fsp3) is 0.233. The van der Waals surface area contributed by atoms with E-state index in [4.69, 9.17) is 9.47 Å². The average molecular weight is 510 g/mol. The van der Waals surface area contributed by atoms with Crippen LogP contribution in [0, 0.1) is 20.8 Å². The van der Waals surface area contributed by atoms with E-state index in [1.807, 2.05) is 69.3 Å². The molecule has 8 heteroatoms. The molecule has 0 unspecified atom stereocenters. The summed E-state index contributed by atoms with van der Waals surface area (Å²) in [5, 5.41) is 10.7. The van der Waals surface area contributed by atoms with Crippen molar-refractivity contribution in [2.75, 3.05) is 17.7 Å². The maximum absolute atomic E-state index is 13.7. The minimum Gasteiger partial charge on any atom is -0.493 e. The van der Waals surface area contributed by atoms with Gasteiger partial charge in [-0.3, -0.25) is 4.79 Å². The van der Waals surface area contributed by atoms with Gasteiger partial charge in [-0.15, -0.1) is 0 Å². The van der Waals surface area contributed by atoms with Crippen LogP contribution in [0.4, 0.5) is 11.6 Å². The zero-order valence-corrected chi connectivity index (χ0v) is 22.2. The summed E-state index contributed by atoms with van der Waals surface area (Å²) >= 11 is 0. The van der Waals surface area contributed by atoms with Crippen LogP contribution in [0.3, 0.4) is 0 Å².